The third-order valence-electron chi connectivity index (χ3n) is 4.22. The fraction of sp³-hybridized carbons (Fsp3) is 0.368. The van der Waals surface area contributed by atoms with Crippen LogP contribution in [-0.2, 0) is 6.54 Å². The maximum atomic E-state index is 12.5. The molecule has 0 radical (unpaired) electrons. The molecular formula is C19H19F2N5O2. The van der Waals surface area contributed by atoms with Gasteiger partial charge in [-0.3, -0.25) is 0 Å². The lowest BCUT2D eigenvalue weighted by Crippen LogP contribution is -2.07. The van der Waals surface area contributed by atoms with E-state index in [4.69, 9.17) is 4.74 Å². The van der Waals surface area contributed by atoms with Gasteiger partial charge in [0.05, 0.1) is 25.0 Å². The average Bonchev–Trinajstić information content (AvgIpc) is 3.42. The van der Waals surface area contributed by atoms with Gasteiger partial charge in [-0.2, -0.15) is 13.9 Å². The van der Waals surface area contributed by atoms with Crippen LogP contribution >= 0.6 is 0 Å². The minimum Gasteiger partial charge on any atom is -0.476 e. The number of hydrogen-bond donors (Lipinski definition) is 0. The van der Waals surface area contributed by atoms with Crippen LogP contribution in [0.1, 0.15) is 37.2 Å². The summed E-state index contributed by atoms with van der Waals surface area (Å²) in [5.74, 6) is 1.71. The van der Waals surface area contributed by atoms with Crippen LogP contribution in [0.5, 0.6) is 11.6 Å². The number of alkyl halides is 2. The van der Waals surface area contributed by atoms with E-state index in [0.29, 0.717) is 41.9 Å². The van der Waals surface area contributed by atoms with Crippen molar-refractivity contribution in [1.82, 2.24) is 24.7 Å². The third kappa shape index (κ3) is 4.24. The summed E-state index contributed by atoms with van der Waals surface area (Å²) in [7, 11) is 0. The molecule has 0 aliphatic heterocycles. The zero-order valence-electron chi connectivity index (χ0n) is 15.3. The van der Waals surface area contributed by atoms with E-state index in [2.05, 4.69) is 24.8 Å². The topological polar surface area (TPSA) is 75.0 Å². The average molecular weight is 387 g/mol. The summed E-state index contributed by atoms with van der Waals surface area (Å²) < 4.78 is 36.8. The van der Waals surface area contributed by atoms with E-state index in [1.807, 2.05) is 6.92 Å². The van der Waals surface area contributed by atoms with Crippen molar-refractivity contribution >= 4 is 0 Å². The van der Waals surface area contributed by atoms with Crippen LogP contribution in [0.4, 0.5) is 8.78 Å². The zero-order valence-corrected chi connectivity index (χ0v) is 15.3. The molecule has 1 aliphatic rings. The Hall–Kier alpha value is -3.10. The maximum absolute atomic E-state index is 12.5. The van der Waals surface area contributed by atoms with Gasteiger partial charge in [0.2, 0.25) is 5.88 Å². The summed E-state index contributed by atoms with van der Waals surface area (Å²) in [6, 6.07) is 6.32. The first-order chi connectivity index (χ1) is 13.6. The molecule has 0 unspecified atom stereocenters. The highest BCUT2D eigenvalue weighted by Crippen LogP contribution is 2.37. The highest BCUT2D eigenvalue weighted by molar-refractivity contribution is 5.66. The lowest BCUT2D eigenvalue weighted by molar-refractivity contribution is -0.0498. The Labute approximate surface area is 160 Å². The molecule has 1 aromatic carbocycles. The van der Waals surface area contributed by atoms with Crippen molar-refractivity contribution in [3.63, 3.8) is 0 Å². The molecule has 28 heavy (non-hydrogen) atoms. The standard InChI is InChI=1S/C19H19F2N5O2/c1-2-27-18-16(13-4-3-5-15(8-13)28-19(20)21)24-14(9-22-18)10-26-11-23-17(25-26)12-6-7-12/h3-5,8-9,11-12,19H,2,6-7,10H2,1H3. The van der Waals surface area contributed by atoms with Gasteiger partial charge < -0.3 is 9.47 Å². The zero-order chi connectivity index (χ0) is 19.5. The van der Waals surface area contributed by atoms with Crippen LogP contribution in [0, 0.1) is 0 Å². The van der Waals surface area contributed by atoms with Gasteiger partial charge in [-0.05, 0) is 31.9 Å². The van der Waals surface area contributed by atoms with Crippen LogP contribution in [0.2, 0.25) is 0 Å². The summed E-state index contributed by atoms with van der Waals surface area (Å²) in [6.07, 6.45) is 5.57. The van der Waals surface area contributed by atoms with E-state index in [1.54, 1.807) is 29.3 Å². The molecule has 0 spiro atoms. The van der Waals surface area contributed by atoms with Crippen LogP contribution in [0.25, 0.3) is 11.3 Å². The molecule has 146 valence electrons. The van der Waals surface area contributed by atoms with E-state index >= 15 is 0 Å². The van der Waals surface area contributed by atoms with Crippen molar-refractivity contribution in [2.75, 3.05) is 6.61 Å². The molecule has 4 rings (SSSR count). The number of rotatable bonds is 8. The first kappa shape index (κ1) is 18.3. The molecule has 0 amide bonds. The predicted octanol–water partition coefficient (Wildman–Crippen LogP) is 3.66. The molecule has 0 saturated heterocycles. The SMILES string of the molecule is CCOc1ncc(Cn2cnc(C3CC3)n2)nc1-c1cccc(OC(F)F)c1. The molecular weight excluding hydrogens is 368 g/mol. The molecule has 2 aromatic heterocycles. The Balaban J connectivity index is 1.63. The maximum Gasteiger partial charge on any atom is 0.387 e. The van der Waals surface area contributed by atoms with Crippen molar-refractivity contribution in [2.45, 2.75) is 38.8 Å². The Morgan fingerprint density at radius 1 is 1.25 bits per heavy atom. The fourth-order valence-corrected chi connectivity index (χ4v) is 2.82. The van der Waals surface area contributed by atoms with E-state index < -0.39 is 6.61 Å². The molecule has 0 N–H and O–H groups in total. The van der Waals surface area contributed by atoms with Crippen molar-refractivity contribution in [2.24, 2.45) is 0 Å². The number of benzene rings is 1. The Morgan fingerprint density at radius 2 is 2.11 bits per heavy atom. The van der Waals surface area contributed by atoms with Gasteiger partial charge in [0.25, 0.3) is 0 Å². The van der Waals surface area contributed by atoms with Crippen LogP contribution in [-0.4, -0.2) is 38.0 Å². The third-order valence-corrected chi connectivity index (χ3v) is 4.22. The van der Waals surface area contributed by atoms with Gasteiger partial charge in [-0.1, -0.05) is 12.1 Å². The van der Waals surface area contributed by atoms with E-state index in [-0.39, 0.29) is 5.75 Å². The first-order valence-corrected chi connectivity index (χ1v) is 9.05. The van der Waals surface area contributed by atoms with Crippen LogP contribution in [0.15, 0.2) is 36.8 Å². The Kier molecular flexibility index (Phi) is 5.14. The second-order valence-electron chi connectivity index (χ2n) is 6.43. The van der Waals surface area contributed by atoms with Gasteiger partial charge in [-0.25, -0.2) is 19.6 Å². The first-order valence-electron chi connectivity index (χ1n) is 9.05. The predicted molar refractivity (Wildman–Crippen MR) is 96.4 cm³/mol. The van der Waals surface area contributed by atoms with Crippen LogP contribution in [0.3, 0.4) is 0 Å². The molecule has 1 saturated carbocycles. The van der Waals surface area contributed by atoms with Gasteiger partial charge >= 0.3 is 6.61 Å². The van der Waals surface area contributed by atoms with E-state index in [1.165, 1.54) is 12.1 Å². The molecule has 1 fully saturated rings. The molecule has 7 nitrogen and oxygen atoms in total. The summed E-state index contributed by atoms with van der Waals surface area (Å²) in [5.41, 5.74) is 1.70. The highest BCUT2D eigenvalue weighted by atomic mass is 19.3. The van der Waals surface area contributed by atoms with Gasteiger partial charge in [-0.15, -0.1) is 0 Å². The summed E-state index contributed by atoms with van der Waals surface area (Å²) in [6.45, 7) is -0.252. The fourth-order valence-electron chi connectivity index (χ4n) is 2.82. The molecule has 3 aromatic rings. The normalized spacial score (nSPS) is 13.7. The number of aromatic nitrogens is 5. The Bertz CT molecular complexity index is 959. The van der Waals surface area contributed by atoms with Crippen molar-refractivity contribution < 1.29 is 18.3 Å². The van der Waals surface area contributed by atoms with Gasteiger partial charge in [0, 0.05) is 11.5 Å². The largest absolute Gasteiger partial charge is 0.476 e. The lowest BCUT2D eigenvalue weighted by atomic mass is 10.1. The second kappa shape index (κ2) is 7.87. The lowest BCUT2D eigenvalue weighted by Gasteiger charge is -2.11. The quantitative estimate of drug-likeness (QED) is 0.587. The summed E-state index contributed by atoms with van der Waals surface area (Å²) in [5, 5.41) is 4.48. The number of ether oxygens (including phenoxy) is 2. The smallest absolute Gasteiger partial charge is 0.387 e. The van der Waals surface area contributed by atoms with Crippen molar-refractivity contribution in [3.05, 3.63) is 48.3 Å². The van der Waals surface area contributed by atoms with Crippen molar-refractivity contribution in [3.8, 4) is 22.9 Å². The van der Waals surface area contributed by atoms with E-state index in [9.17, 15) is 8.78 Å². The monoisotopic (exact) mass is 387 g/mol. The number of halogens is 2. The Morgan fingerprint density at radius 3 is 2.86 bits per heavy atom. The number of nitrogens with zero attached hydrogens (tertiary/aromatic N) is 5. The van der Waals surface area contributed by atoms with E-state index in [0.717, 1.165) is 18.7 Å². The minimum atomic E-state index is -2.90. The molecule has 0 atom stereocenters. The molecule has 1 aliphatic carbocycles. The molecule has 9 heteroatoms. The second-order valence-corrected chi connectivity index (χ2v) is 6.43. The molecule has 2 heterocycles. The summed E-state index contributed by atoms with van der Waals surface area (Å²) in [4.78, 5) is 13.3. The van der Waals surface area contributed by atoms with Gasteiger partial charge in [0.15, 0.2) is 5.82 Å². The van der Waals surface area contributed by atoms with Crippen LogP contribution < -0.4 is 9.47 Å². The van der Waals surface area contributed by atoms with Crippen molar-refractivity contribution in [1.29, 1.82) is 0 Å². The minimum absolute atomic E-state index is 0.0486. The molecule has 0 bridgehead atoms. The summed E-state index contributed by atoms with van der Waals surface area (Å²) >= 11 is 0. The van der Waals surface area contributed by atoms with Gasteiger partial charge in [0.1, 0.15) is 17.8 Å². The number of hydrogen-bond acceptors (Lipinski definition) is 6. The highest BCUT2D eigenvalue weighted by Gasteiger charge is 2.27.